The Morgan fingerprint density at radius 1 is 1.00 bits per heavy atom. The molecule has 0 aliphatic heterocycles. The number of carbonyl (C=O) groups excluding carboxylic acids is 1. The highest BCUT2D eigenvalue weighted by molar-refractivity contribution is 6.31. The van der Waals surface area contributed by atoms with Crippen molar-refractivity contribution in [2.24, 2.45) is 0 Å². The molecule has 2 aromatic carbocycles. The monoisotopic (exact) mass is 398 g/mol. The summed E-state index contributed by atoms with van der Waals surface area (Å²) in [5, 5.41) is 6.47. The predicted molar refractivity (Wildman–Crippen MR) is 109 cm³/mol. The van der Waals surface area contributed by atoms with Gasteiger partial charge >= 0.3 is 0 Å². The second kappa shape index (κ2) is 8.58. The molecular weight excluding hydrogens is 380 g/mol. The number of hydrogen-bond donors (Lipinski definition) is 2. The maximum atomic E-state index is 12.6. The Labute approximate surface area is 167 Å². The first-order chi connectivity index (χ1) is 13.5. The van der Waals surface area contributed by atoms with Gasteiger partial charge in [0.2, 0.25) is 0 Å². The summed E-state index contributed by atoms with van der Waals surface area (Å²) in [6, 6.07) is 13.8. The Morgan fingerprint density at radius 3 is 2.43 bits per heavy atom. The molecule has 144 valence electrons. The SMILES string of the molecule is COc1ccc(NC(=O)c2cc(Nc3cc(Cl)ccc3OC)nc(C)n2)cc1. The highest BCUT2D eigenvalue weighted by atomic mass is 35.5. The lowest BCUT2D eigenvalue weighted by atomic mass is 10.2. The fourth-order valence-electron chi connectivity index (χ4n) is 2.53. The third kappa shape index (κ3) is 4.69. The lowest BCUT2D eigenvalue weighted by Gasteiger charge is -2.12. The Bertz CT molecular complexity index is 993. The minimum Gasteiger partial charge on any atom is -0.497 e. The van der Waals surface area contributed by atoms with Gasteiger partial charge in [-0.1, -0.05) is 11.6 Å². The van der Waals surface area contributed by atoms with Crippen LogP contribution in [0.2, 0.25) is 5.02 Å². The van der Waals surface area contributed by atoms with E-state index in [2.05, 4.69) is 20.6 Å². The number of amides is 1. The van der Waals surface area contributed by atoms with Crippen LogP contribution in [0.3, 0.4) is 0 Å². The molecule has 0 radical (unpaired) electrons. The van der Waals surface area contributed by atoms with Crippen LogP contribution >= 0.6 is 11.6 Å². The second-order valence-corrected chi connectivity index (χ2v) is 6.27. The minimum atomic E-state index is -0.350. The van der Waals surface area contributed by atoms with E-state index in [1.165, 1.54) is 0 Å². The number of benzene rings is 2. The number of aryl methyl sites for hydroxylation is 1. The predicted octanol–water partition coefficient (Wildman–Crippen LogP) is 4.45. The number of rotatable bonds is 6. The van der Waals surface area contributed by atoms with E-state index in [-0.39, 0.29) is 11.6 Å². The summed E-state index contributed by atoms with van der Waals surface area (Å²) in [6.07, 6.45) is 0. The van der Waals surface area contributed by atoms with Gasteiger partial charge in [-0.2, -0.15) is 0 Å². The van der Waals surface area contributed by atoms with E-state index in [1.54, 1.807) is 69.7 Å². The molecule has 3 aromatic rings. The van der Waals surface area contributed by atoms with Crippen molar-refractivity contribution in [2.75, 3.05) is 24.9 Å². The molecular formula is C20H19ClN4O3. The molecule has 7 nitrogen and oxygen atoms in total. The topological polar surface area (TPSA) is 85.4 Å². The molecule has 28 heavy (non-hydrogen) atoms. The maximum absolute atomic E-state index is 12.6. The normalized spacial score (nSPS) is 10.3. The molecule has 0 bridgehead atoms. The first kappa shape index (κ1) is 19.4. The van der Waals surface area contributed by atoms with Crippen molar-refractivity contribution in [3.8, 4) is 11.5 Å². The van der Waals surface area contributed by atoms with Crippen molar-refractivity contribution >= 4 is 34.7 Å². The van der Waals surface area contributed by atoms with Crippen molar-refractivity contribution in [3.05, 3.63) is 65.1 Å². The van der Waals surface area contributed by atoms with E-state index in [0.717, 1.165) is 0 Å². The van der Waals surface area contributed by atoms with Crippen LogP contribution in [0.4, 0.5) is 17.2 Å². The third-order valence-electron chi connectivity index (χ3n) is 3.84. The molecule has 1 aromatic heterocycles. The number of nitrogens with one attached hydrogen (secondary N) is 2. The fraction of sp³-hybridized carbons (Fsp3) is 0.150. The average Bonchev–Trinajstić information content (AvgIpc) is 2.68. The van der Waals surface area contributed by atoms with Crippen LogP contribution in [0, 0.1) is 6.92 Å². The summed E-state index contributed by atoms with van der Waals surface area (Å²) < 4.78 is 10.4. The molecule has 8 heteroatoms. The molecule has 0 unspecified atom stereocenters. The summed E-state index contributed by atoms with van der Waals surface area (Å²) in [5.74, 6) is 1.86. The zero-order valence-corrected chi connectivity index (χ0v) is 16.4. The van der Waals surface area contributed by atoms with Crippen LogP contribution in [0.1, 0.15) is 16.3 Å². The van der Waals surface area contributed by atoms with Gasteiger partial charge in [-0.25, -0.2) is 9.97 Å². The Balaban J connectivity index is 1.82. The number of ether oxygens (including phenoxy) is 2. The van der Waals surface area contributed by atoms with Crippen molar-refractivity contribution in [1.29, 1.82) is 0 Å². The van der Waals surface area contributed by atoms with Crippen molar-refractivity contribution in [3.63, 3.8) is 0 Å². The average molecular weight is 399 g/mol. The summed E-state index contributed by atoms with van der Waals surface area (Å²) >= 11 is 6.06. The summed E-state index contributed by atoms with van der Waals surface area (Å²) in [7, 11) is 3.15. The highest BCUT2D eigenvalue weighted by Crippen LogP contribution is 2.30. The lowest BCUT2D eigenvalue weighted by molar-refractivity contribution is 0.102. The van der Waals surface area contributed by atoms with Gasteiger partial charge in [0.15, 0.2) is 0 Å². The molecule has 1 amide bonds. The summed E-state index contributed by atoms with van der Waals surface area (Å²) in [5.41, 5.74) is 1.49. The second-order valence-electron chi connectivity index (χ2n) is 5.84. The number of methoxy groups -OCH3 is 2. The van der Waals surface area contributed by atoms with Crippen molar-refractivity contribution in [2.45, 2.75) is 6.92 Å². The molecule has 0 fully saturated rings. The highest BCUT2D eigenvalue weighted by Gasteiger charge is 2.13. The Morgan fingerprint density at radius 2 is 1.75 bits per heavy atom. The third-order valence-corrected chi connectivity index (χ3v) is 4.08. The van der Waals surface area contributed by atoms with Crippen LogP contribution in [-0.2, 0) is 0 Å². The standard InChI is InChI=1S/C20H19ClN4O3/c1-12-22-17(20(26)24-14-5-7-15(27-2)8-6-14)11-19(23-12)25-16-10-13(21)4-9-18(16)28-3/h4-11H,1-3H3,(H,24,26)(H,22,23,25). The molecule has 0 saturated carbocycles. The molecule has 0 spiro atoms. The van der Waals surface area contributed by atoms with E-state index in [4.69, 9.17) is 21.1 Å². The molecule has 0 atom stereocenters. The molecule has 0 aliphatic carbocycles. The van der Waals surface area contributed by atoms with Gasteiger partial charge in [0, 0.05) is 16.8 Å². The van der Waals surface area contributed by atoms with Gasteiger partial charge in [0.05, 0.1) is 19.9 Å². The summed E-state index contributed by atoms with van der Waals surface area (Å²) in [4.78, 5) is 21.1. The van der Waals surface area contributed by atoms with Crippen molar-refractivity contribution < 1.29 is 14.3 Å². The first-order valence-electron chi connectivity index (χ1n) is 8.40. The zero-order chi connectivity index (χ0) is 20.1. The minimum absolute atomic E-state index is 0.229. The van der Waals surface area contributed by atoms with E-state index in [1.807, 2.05) is 0 Å². The Hall–Kier alpha value is -3.32. The largest absolute Gasteiger partial charge is 0.497 e. The molecule has 2 N–H and O–H groups in total. The first-order valence-corrected chi connectivity index (χ1v) is 8.78. The van der Waals surface area contributed by atoms with Gasteiger partial charge in [0.1, 0.15) is 28.8 Å². The van der Waals surface area contributed by atoms with Gasteiger partial charge in [0.25, 0.3) is 5.91 Å². The Kier molecular flexibility index (Phi) is 5.96. The number of aromatic nitrogens is 2. The van der Waals surface area contributed by atoms with Crippen LogP contribution in [-0.4, -0.2) is 30.1 Å². The number of halogens is 1. The number of carbonyl (C=O) groups is 1. The number of hydrogen-bond acceptors (Lipinski definition) is 6. The van der Waals surface area contributed by atoms with Crippen LogP contribution in [0.25, 0.3) is 0 Å². The number of nitrogens with zero attached hydrogens (tertiary/aromatic N) is 2. The van der Waals surface area contributed by atoms with E-state index in [9.17, 15) is 4.79 Å². The van der Waals surface area contributed by atoms with Crippen molar-refractivity contribution in [1.82, 2.24) is 9.97 Å². The smallest absolute Gasteiger partial charge is 0.274 e. The zero-order valence-electron chi connectivity index (χ0n) is 15.6. The summed E-state index contributed by atoms with van der Waals surface area (Å²) in [6.45, 7) is 1.71. The fourth-order valence-corrected chi connectivity index (χ4v) is 2.71. The molecule has 3 rings (SSSR count). The van der Waals surface area contributed by atoms with E-state index in [0.29, 0.717) is 39.5 Å². The van der Waals surface area contributed by atoms with Crippen LogP contribution in [0.15, 0.2) is 48.5 Å². The maximum Gasteiger partial charge on any atom is 0.274 e. The lowest BCUT2D eigenvalue weighted by Crippen LogP contribution is -2.15. The molecule has 1 heterocycles. The van der Waals surface area contributed by atoms with E-state index < -0.39 is 0 Å². The molecule has 0 saturated heterocycles. The molecule has 0 aliphatic rings. The van der Waals surface area contributed by atoms with E-state index >= 15 is 0 Å². The van der Waals surface area contributed by atoms with Gasteiger partial charge in [-0.15, -0.1) is 0 Å². The number of anilines is 3. The van der Waals surface area contributed by atoms with Gasteiger partial charge < -0.3 is 20.1 Å². The van der Waals surface area contributed by atoms with Gasteiger partial charge in [-0.05, 0) is 49.4 Å². The van der Waals surface area contributed by atoms with Crippen LogP contribution in [0.5, 0.6) is 11.5 Å². The quantitative estimate of drug-likeness (QED) is 0.638. The van der Waals surface area contributed by atoms with Gasteiger partial charge in [-0.3, -0.25) is 4.79 Å². The van der Waals surface area contributed by atoms with Crippen LogP contribution < -0.4 is 20.1 Å².